The Morgan fingerprint density at radius 2 is 1.80 bits per heavy atom. The molecule has 0 saturated heterocycles. The Kier molecular flexibility index (Phi) is 2.12. The zero-order chi connectivity index (χ0) is 4.28. The van der Waals surface area contributed by atoms with E-state index in [9.17, 15) is 8.42 Å². The highest BCUT2D eigenvalue weighted by atomic mass is 32.2. The molecule has 4 heteroatoms. The van der Waals surface area contributed by atoms with E-state index in [1.807, 2.05) is 0 Å². The molecule has 0 amide bonds. The molecule has 0 spiro atoms. The van der Waals surface area contributed by atoms with Gasteiger partial charge in [-0.15, -0.1) is 0 Å². The number of rotatable bonds is 0. The first-order chi connectivity index (χ1) is 2.27. The zero-order valence-electron chi connectivity index (χ0n) is 2.30. The van der Waals surface area contributed by atoms with E-state index in [4.69, 9.17) is 0 Å². The number of hydrogen-bond acceptors (Lipinski definition) is 2. The Bertz CT molecular complexity index is 113. The van der Waals surface area contributed by atoms with E-state index >= 15 is 0 Å². The van der Waals surface area contributed by atoms with E-state index in [1.165, 1.54) is 0 Å². The lowest BCUT2D eigenvalue weighted by Gasteiger charge is -1.37. The molecule has 0 rings (SSSR count). The third-order valence-electron chi connectivity index (χ3n) is 0.0962. The summed E-state index contributed by atoms with van der Waals surface area (Å²) in [5, 5.41) is 0. The van der Waals surface area contributed by atoms with Crippen LogP contribution in [0.3, 0.4) is 0 Å². The van der Waals surface area contributed by atoms with Gasteiger partial charge in [0.25, 0.3) is 0 Å². The summed E-state index contributed by atoms with van der Waals surface area (Å²) in [7, 11) is 0.583. The van der Waals surface area contributed by atoms with Gasteiger partial charge in [-0.2, -0.15) is 8.42 Å². The molecule has 0 aliphatic rings. The molecule has 0 aromatic rings. The fourth-order valence-electron chi connectivity index (χ4n) is 0. The summed E-state index contributed by atoms with van der Waals surface area (Å²) >= 11 is 0. The molecule has 3 radical (unpaired) electrons. The van der Waals surface area contributed by atoms with Crippen molar-refractivity contribution in [3.05, 3.63) is 0 Å². The van der Waals surface area contributed by atoms with Crippen LogP contribution in [-0.2, 0) is 10.3 Å². The van der Waals surface area contributed by atoms with Crippen LogP contribution < -0.4 is 0 Å². The van der Waals surface area contributed by atoms with Crippen LogP contribution in [0.2, 0.25) is 0 Å². The van der Waals surface area contributed by atoms with Crippen LogP contribution in [0.25, 0.3) is 0 Å². The van der Waals surface area contributed by atoms with Gasteiger partial charge in [0.15, 0.2) is 0 Å². The third kappa shape index (κ3) is 3.91. The molecular formula is CHO2SSi. The molecular weight excluding hydrogens is 104 g/mol. The predicted molar refractivity (Wildman–Crippen MR) is 20.7 cm³/mol. The van der Waals surface area contributed by atoms with Gasteiger partial charge in [-0.3, -0.25) is 0 Å². The van der Waals surface area contributed by atoms with Crippen molar-refractivity contribution in [1.82, 2.24) is 0 Å². The lowest BCUT2D eigenvalue weighted by molar-refractivity contribution is 0.627. The summed E-state index contributed by atoms with van der Waals surface area (Å²) in [5.74, 6) is 0. The molecule has 27 valence electrons. The van der Waals surface area contributed by atoms with Crippen molar-refractivity contribution in [2.24, 2.45) is 0 Å². The van der Waals surface area contributed by atoms with Crippen molar-refractivity contribution >= 4 is 25.5 Å². The monoisotopic (exact) mass is 105 g/mol. The van der Waals surface area contributed by atoms with Crippen molar-refractivity contribution in [3.8, 4) is 0 Å². The van der Waals surface area contributed by atoms with Gasteiger partial charge in [0.05, 0.1) is 10.2 Å². The maximum Gasteiger partial charge on any atom is 0.204 e. The summed E-state index contributed by atoms with van der Waals surface area (Å²) < 4.78 is 18.5. The van der Waals surface area contributed by atoms with E-state index in [0.717, 1.165) is 4.99 Å². The molecule has 0 saturated carbocycles. The fraction of sp³-hybridized carbons (Fsp3) is 0. The first-order valence-corrected chi connectivity index (χ1v) is 2.57. The van der Waals surface area contributed by atoms with Gasteiger partial charge < -0.3 is 0 Å². The van der Waals surface area contributed by atoms with Gasteiger partial charge in [-0.05, 0) is 0 Å². The van der Waals surface area contributed by atoms with E-state index in [2.05, 4.69) is 10.2 Å². The molecule has 5 heavy (non-hydrogen) atoms. The van der Waals surface area contributed by atoms with E-state index in [-0.39, 0.29) is 0 Å². The predicted octanol–water partition coefficient (Wildman–Crippen LogP) is -1.21. The second-order valence-corrected chi connectivity index (χ2v) is 1.84. The highest BCUT2D eigenvalue weighted by molar-refractivity contribution is 7.73. The standard InChI is InChI=1S/CHO2SSi/c2-4(3)1-5/h1H. The largest absolute Gasteiger partial charge is 0.204 e. The van der Waals surface area contributed by atoms with Gasteiger partial charge in [-0.1, -0.05) is 0 Å². The molecule has 0 fully saturated rings. The highest BCUT2D eigenvalue weighted by Crippen LogP contribution is 1.22. The van der Waals surface area contributed by atoms with Crippen molar-refractivity contribution < 1.29 is 8.42 Å². The topological polar surface area (TPSA) is 34.1 Å². The average Bonchev–Trinajstić information content (AvgIpc) is 1.38. The average molecular weight is 105 g/mol. The van der Waals surface area contributed by atoms with Crippen LogP contribution in [0.4, 0.5) is 0 Å². The Morgan fingerprint density at radius 1 is 1.60 bits per heavy atom. The first kappa shape index (κ1) is 4.91. The highest BCUT2D eigenvalue weighted by Gasteiger charge is 1.48. The zero-order valence-corrected chi connectivity index (χ0v) is 4.12. The van der Waals surface area contributed by atoms with Gasteiger partial charge in [0, 0.05) is 4.99 Å². The van der Waals surface area contributed by atoms with E-state index in [1.54, 1.807) is 0 Å². The molecule has 0 aliphatic heterocycles. The second kappa shape index (κ2) is 2.16. The Balaban J connectivity index is 4.25. The molecule has 2 nitrogen and oxygen atoms in total. The summed E-state index contributed by atoms with van der Waals surface area (Å²) in [6, 6.07) is 0. The summed E-state index contributed by atoms with van der Waals surface area (Å²) in [6.07, 6.45) is 0. The number of hydrogen-bond donors (Lipinski definition) is 0. The van der Waals surface area contributed by atoms with Crippen molar-refractivity contribution in [2.45, 2.75) is 0 Å². The third-order valence-corrected chi connectivity index (χ3v) is 0.866. The molecule has 0 aliphatic carbocycles. The minimum atomic E-state index is -2.03. The fourth-order valence-corrected chi connectivity index (χ4v) is 0. The maximum absolute atomic E-state index is 9.26. The summed E-state index contributed by atoms with van der Waals surface area (Å²) in [4.78, 5) is 0.889. The summed E-state index contributed by atoms with van der Waals surface area (Å²) in [6.45, 7) is 0. The van der Waals surface area contributed by atoms with Crippen LogP contribution in [0, 0.1) is 0 Å². The summed E-state index contributed by atoms with van der Waals surface area (Å²) in [5.41, 5.74) is 0. The Morgan fingerprint density at radius 3 is 1.80 bits per heavy atom. The maximum atomic E-state index is 9.26. The van der Waals surface area contributed by atoms with Crippen LogP contribution in [0.1, 0.15) is 0 Å². The van der Waals surface area contributed by atoms with E-state index < -0.39 is 10.3 Å². The van der Waals surface area contributed by atoms with Crippen LogP contribution in [-0.4, -0.2) is 23.7 Å². The SMILES string of the molecule is O=S(=O)=C[Si]. The first-order valence-electron chi connectivity index (χ1n) is 0.858. The van der Waals surface area contributed by atoms with Crippen LogP contribution in [0.5, 0.6) is 0 Å². The van der Waals surface area contributed by atoms with Crippen molar-refractivity contribution in [3.63, 3.8) is 0 Å². The van der Waals surface area contributed by atoms with Crippen molar-refractivity contribution in [1.29, 1.82) is 0 Å². The van der Waals surface area contributed by atoms with Gasteiger partial charge in [0.2, 0.25) is 10.3 Å². The lowest BCUT2D eigenvalue weighted by atomic mass is 11.9. The smallest absolute Gasteiger partial charge is 0.185 e. The molecule has 0 N–H and O–H groups in total. The van der Waals surface area contributed by atoms with Gasteiger partial charge >= 0.3 is 0 Å². The second-order valence-electron chi connectivity index (χ2n) is 0.378. The minimum absolute atomic E-state index is 0.889. The Hall–Kier alpha value is -0.0931. The van der Waals surface area contributed by atoms with Gasteiger partial charge in [0.1, 0.15) is 0 Å². The van der Waals surface area contributed by atoms with E-state index in [0.29, 0.717) is 0 Å². The van der Waals surface area contributed by atoms with Crippen molar-refractivity contribution in [2.75, 3.05) is 0 Å². The molecule has 0 aromatic heterocycles. The quantitative estimate of drug-likeness (QED) is 0.286. The van der Waals surface area contributed by atoms with Crippen LogP contribution >= 0.6 is 0 Å². The molecule has 0 bridgehead atoms. The lowest BCUT2D eigenvalue weighted by Crippen LogP contribution is -1.64. The molecule has 0 unspecified atom stereocenters. The van der Waals surface area contributed by atoms with Gasteiger partial charge in [-0.25, -0.2) is 0 Å². The molecule has 0 heterocycles. The van der Waals surface area contributed by atoms with Crippen LogP contribution in [0.15, 0.2) is 0 Å². The molecule has 0 atom stereocenters. The normalized spacial score (nSPS) is 6.60. The minimum Gasteiger partial charge on any atom is -0.185 e. The Labute approximate surface area is 34.8 Å². The molecule has 0 aromatic carbocycles.